The topological polar surface area (TPSA) is 52.6 Å². The molecule has 3 aromatic rings. The van der Waals surface area contributed by atoms with Crippen molar-refractivity contribution in [2.24, 2.45) is 0 Å². The fraction of sp³-hybridized carbons (Fsp3) is 0.182. The molecule has 26 heavy (non-hydrogen) atoms. The van der Waals surface area contributed by atoms with E-state index in [4.69, 9.17) is 9.47 Å². The van der Waals surface area contributed by atoms with Crippen molar-refractivity contribution in [3.05, 3.63) is 77.4 Å². The molecule has 0 aliphatic carbocycles. The zero-order chi connectivity index (χ0) is 18.5. The van der Waals surface area contributed by atoms with Gasteiger partial charge in [-0.15, -0.1) is 0 Å². The van der Waals surface area contributed by atoms with Gasteiger partial charge in [-0.25, -0.2) is 4.79 Å². The van der Waals surface area contributed by atoms with Gasteiger partial charge in [-0.05, 0) is 53.9 Å². The summed E-state index contributed by atoms with van der Waals surface area (Å²) in [6.45, 7) is 3.45. The number of ketones is 1. The lowest BCUT2D eigenvalue weighted by molar-refractivity contribution is -0.144. The molecule has 0 atom stereocenters. The van der Waals surface area contributed by atoms with Crippen LogP contribution >= 0.6 is 0 Å². The van der Waals surface area contributed by atoms with Gasteiger partial charge in [0.15, 0.2) is 19.0 Å². The number of Topliss-reactive ketones (excluding diaryl/α,β-unsaturated/α-hetero) is 1. The number of fused-ring (bicyclic) bond motifs is 1. The number of carbonyl (C=O) groups is 2. The van der Waals surface area contributed by atoms with Crippen molar-refractivity contribution in [2.75, 3.05) is 13.2 Å². The Kier molecular flexibility index (Phi) is 5.32. The molecule has 0 aliphatic rings. The van der Waals surface area contributed by atoms with Gasteiger partial charge in [-0.2, -0.15) is 0 Å². The molecule has 132 valence electrons. The van der Waals surface area contributed by atoms with Gasteiger partial charge in [0.1, 0.15) is 5.75 Å². The summed E-state index contributed by atoms with van der Waals surface area (Å²) in [5, 5.41) is 2.03. The van der Waals surface area contributed by atoms with Crippen LogP contribution in [0.3, 0.4) is 0 Å². The van der Waals surface area contributed by atoms with Crippen LogP contribution in [-0.2, 0) is 9.53 Å². The maximum absolute atomic E-state index is 12.2. The Morgan fingerprint density at radius 3 is 2.35 bits per heavy atom. The highest BCUT2D eigenvalue weighted by molar-refractivity contribution is 6.01. The van der Waals surface area contributed by atoms with Gasteiger partial charge in [0.2, 0.25) is 0 Å². The number of rotatable bonds is 6. The maximum Gasteiger partial charge on any atom is 0.344 e. The Morgan fingerprint density at radius 1 is 0.808 bits per heavy atom. The van der Waals surface area contributed by atoms with E-state index in [0.29, 0.717) is 11.3 Å². The van der Waals surface area contributed by atoms with Crippen molar-refractivity contribution >= 4 is 22.5 Å². The van der Waals surface area contributed by atoms with Gasteiger partial charge in [-0.3, -0.25) is 4.79 Å². The second-order valence-electron chi connectivity index (χ2n) is 6.18. The van der Waals surface area contributed by atoms with Crippen molar-refractivity contribution in [3.63, 3.8) is 0 Å². The second kappa shape index (κ2) is 7.83. The van der Waals surface area contributed by atoms with Crippen LogP contribution in [0.4, 0.5) is 0 Å². The normalized spacial score (nSPS) is 10.5. The Balaban J connectivity index is 1.53. The number of ether oxygens (including phenoxy) is 2. The van der Waals surface area contributed by atoms with E-state index in [1.807, 2.05) is 56.3 Å². The lowest BCUT2D eigenvalue weighted by Gasteiger charge is -2.08. The van der Waals surface area contributed by atoms with E-state index in [2.05, 4.69) is 0 Å². The number of aryl methyl sites for hydroxylation is 2. The fourth-order valence-corrected chi connectivity index (χ4v) is 2.58. The van der Waals surface area contributed by atoms with E-state index in [1.54, 1.807) is 18.2 Å². The van der Waals surface area contributed by atoms with Gasteiger partial charge in [-0.1, -0.05) is 42.5 Å². The molecule has 0 saturated carbocycles. The number of hydrogen-bond acceptors (Lipinski definition) is 4. The SMILES string of the molecule is Cc1ccc(OCC(=O)OCC(=O)c2ccc3ccccc3c2)cc1C. The van der Waals surface area contributed by atoms with Crippen molar-refractivity contribution in [1.82, 2.24) is 0 Å². The predicted molar refractivity (Wildman–Crippen MR) is 101 cm³/mol. The van der Waals surface area contributed by atoms with E-state index < -0.39 is 5.97 Å². The third-order valence-electron chi connectivity index (χ3n) is 4.27. The van der Waals surface area contributed by atoms with Crippen molar-refractivity contribution in [1.29, 1.82) is 0 Å². The monoisotopic (exact) mass is 348 g/mol. The van der Waals surface area contributed by atoms with Crippen molar-refractivity contribution < 1.29 is 19.1 Å². The molecule has 0 heterocycles. The van der Waals surface area contributed by atoms with Crippen LogP contribution in [0.1, 0.15) is 21.5 Å². The first kappa shape index (κ1) is 17.7. The summed E-state index contributed by atoms with van der Waals surface area (Å²) in [5.74, 6) is -0.210. The number of carbonyl (C=O) groups excluding carboxylic acids is 2. The maximum atomic E-state index is 12.2. The first-order chi connectivity index (χ1) is 12.5. The van der Waals surface area contributed by atoms with Crippen LogP contribution in [0.15, 0.2) is 60.7 Å². The average Bonchev–Trinajstić information content (AvgIpc) is 2.66. The Morgan fingerprint density at radius 2 is 1.58 bits per heavy atom. The lowest BCUT2D eigenvalue weighted by atomic mass is 10.0. The van der Waals surface area contributed by atoms with Crippen LogP contribution in [0, 0.1) is 13.8 Å². The van der Waals surface area contributed by atoms with Crippen LogP contribution in [-0.4, -0.2) is 25.0 Å². The molecule has 3 rings (SSSR count). The molecule has 3 aromatic carbocycles. The van der Waals surface area contributed by atoms with Gasteiger partial charge in [0.25, 0.3) is 0 Å². The zero-order valence-electron chi connectivity index (χ0n) is 14.8. The van der Waals surface area contributed by atoms with Gasteiger partial charge in [0.05, 0.1) is 0 Å². The fourth-order valence-electron chi connectivity index (χ4n) is 2.58. The van der Waals surface area contributed by atoms with Gasteiger partial charge >= 0.3 is 5.97 Å². The molecule has 0 aromatic heterocycles. The molecule has 0 saturated heterocycles. The molecular weight excluding hydrogens is 328 g/mol. The average molecular weight is 348 g/mol. The number of hydrogen-bond donors (Lipinski definition) is 0. The van der Waals surface area contributed by atoms with Gasteiger partial charge < -0.3 is 9.47 Å². The lowest BCUT2D eigenvalue weighted by Crippen LogP contribution is -2.19. The minimum Gasteiger partial charge on any atom is -0.482 e. The summed E-state index contributed by atoms with van der Waals surface area (Å²) in [5.41, 5.74) is 2.76. The first-order valence-electron chi connectivity index (χ1n) is 8.40. The van der Waals surface area contributed by atoms with Crippen LogP contribution < -0.4 is 4.74 Å². The van der Waals surface area contributed by atoms with E-state index in [0.717, 1.165) is 21.9 Å². The highest BCUT2D eigenvalue weighted by Crippen LogP contribution is 2.17. The van der Waals surface area contributed by atoms with Crippen LogP contribution in [0.5, 0.6) is 5.75 Å². The number of benzene rings is 3. The van der Waals surface area contributed by atoms with Crippen molar-refractivity contribution in [2.45, 2.75) is 13.8 Å². The second-order valence-corrected chi connectivity index (χ2v) is 6.18. The summed E-state index contributed by atoms with van der Waals surface area (Å²) in [4.78, 5) is 24.0. The molecule has 4 heteroatoms. The molecular formula is C22H20O4. The molecule has 0 N–H and O–H groups in total. The molecule has 0 amide bonds. The Bertz CT molecular complexity index is 959. The Hall–Kier alpha value is -3.14. The molecule has 0 fully saturated rings. The summed E-state index contributed by atoms with van der Waals surface area (Å²) in [7, 11) is 0. The standard InChI is InChI=1S/C22H20O4/c1-15-7-10-20(11-16(15)2)25-14-22(24)26-13-21(23)19-9-8-17-5-3-4-6-18(17)12-19/h3-12H,13-14H2,1-2H3. The highest BCUT2D eigenvalue weighted by atomic mass is 16.6. The van der Waals surface area contributed by atoms with E-state index in [9.17, 15) is 9.59 Å². The summed E-state index contributed by atoms with van der Waals surface area (Å²) >= 11 is 0. The molecule has 0 unspecified atom stereocenters. The van der Waals surface area contributed by atoms with Crippen molar-refractivity contribution in [3.8, 4) is 5.75 Å². The minimum absolute atomic E-state index is 0.229. The van der Waals surface area contributed by atoms with Gasteiger partial charge in [0, 0.05) is 5.56 Å². The number of esters is 1. The summed E-state index contributed by atoms with van der Waals surface area (Å²) in [6.07, 6.45) is 0. The van der Waals surface area contributed by atoms with Crippen LogP contribution in [0.25, 0.3) is 10.8 Å². The van der Waals surface area contributed by atoms with E-state index >= 15 is 0 Å². The third kappa shape index (κ3) is 4.28. The quantitative estimate of drug-likeness (QED) is 0.493. The smallest absolute Gasteiger partial charge is 0.344 e. The minimum atomic E-state index is -0.572. The van der Waals surface area contributed by atoms with E-state index in [-0.39, 0.29) is 19.0 Å². The molecule has 0 aliphatic heterocycles. The first-order valence-corrected chi connectivity index (χ1v) is 8.40. The molecule has 4 nitrogen and oxygen atoms in total. The summed E-state index contributed by atoms with van der Waals surface area (Å²) < 4.78 is 10.4. The zero-order valence-corrected chi connectivity index (χ0v) is 14.8. The molecule has 0 bridgehead atoms. The highest BCUT2D eigenvalue weighted by Gasteiger charge is 2.11. The Labute approximate surface area is 152 Å². The predicted octanol–water partition coefficient (Wildman–Crippen LogP) is 4.26. The van der Waals surface area contributed by atoms with E-state index in [1.165, 1.54) is 0 Å². The molecule has 0 radical (unpaired) electrons. The molecule has 0 spiro atoms. The largest absolute Gasteiger partial charge is 0.482 e. The van der Waals surface area contributed by atoms with Crippen LogP contribution in [0.2, 0.25) is 0 Å². The third-order valence-corrected chi connectivity index (χ3v) is 4.27. The summed E-state index contributed by atoms with van der Waals surface area (Å²) in [6, 6.07) is 18.8.